The van der Waals surface area contributed by atoms with Crippen LogP contribution in [0.4, 0.5) is 13.2 Å². The molecule has 0 atom stereocenters. The summed E-state index contributed by atoms with van der Waals surface area (Å²) in [6.45, 7) is -2.25. The lowest BCUT2D eigenvalue weighted by Crippen LogP contribution is -2.48. The zero-order valence-corrected chi connectivity index (χ0v) is 10.0. The summed E-state index contributed by atoms with van der Waals surface area (Å²) in [6.07, 6.45) is -1.10. The molecular weight excluding hydrogens is 251 g/mol. The number of hydrogen-bond acceptors (Lipinski definition) is 3. The van der Waals surface area contributed by atoms with Crippen molar-refractivity contribution in [2.45, 2.75) is 43.9 Å². The first kappa shape index (κ1) is 15.2. The van der Waals surface area contributed by atoms with Gasteiger partial charge in [0.25, 0.3) is 0 Å². The molecule has 0 bridgehead atoms. The van der Waals surface area contributed by atoms with E-state index in [1.165, 1.54) is 0 Å². The van der Waals surface area contributed by atoms with Gasteiger partial charge in [0.2, 0.25) is 0 Å². The summed E-state index contributed by atoms with van der Waals surface area (Å²) in [4.78, 5) is 11.3. The zero-order chi connectivity index (χ0) is 13.8. The Morgan fingerprint density at radius 1 is 1.22 bits per heavy atom. The maximum Gasteiger partial charge on any atom is 0.401 e. The van der Waals surface area contributed by atoms with Gasteiger partial charge in [0.1, 0.15) is 0 Å². The molecule has 1 saturated carbocycles. The number of alkyl halides is 3. The lowest BCUT2D eigenvalue weighted by Gasteiger charge is -2.36. The summed E-state index contributed by atoms with van der Waals surface area (Å²) < 4.78 is 37.0. The van der Waals surface area contributed by atoms with Crippen LogP contribution in [-0.2, 0) is 4.79 Å². The number of halogens is 3. The third kappa shape index (κ3) is 5.68. The van der Waals surface area contributed by atoms with Crippen molar-refractivity contribution in [1.29, 1.82) is 0 Å². The van der Waals surface area contributed by atoms with Crippen molar-refractivity contribution in [2.24, 2.45) is 0 Å². The minimum Gasteiger partial charge on any atom is -0.480 e. The van der Waals surface area contributed by atoms with E-state index in [1.54, 1.807) is 0 Å². The number of aliphatic carboxylic acids is 1. The average molecular weight is 269 g/mol. The van der Waals surface area contributed by atoms with Crippen molar-refractivity contribution in [1.82, 2.24) is 4.90 Å². The molecule has 1 rings (SSSR count). The Bertz CT molecular complexity index is 288. The van der Waals surface area contributed by atoms with Gasteiger partial charge in [-0.2, -0.15) is 13.2 Å². The number of nitrogens with zero attached hydrogens (tertiary/aromatic N) is 1. The topological polar surface area (TPSA) is 60.8 Å². The molecule has 106 valence electrons. The van der Waals surface area contributed by atoms with Crippen LogP contribution in [0.1, 0.15) is 32.1 Å². The number of carboxylic acid groups (broad SMARTS) is 1. The highest BCUT2D eigenvalue weighted by atomic mass is 19.4. The fourth-order valence-corrected chi connectivity index (χ4v) is 2.40. The van der Waals surface area contributed by atoms with Crippen LogP contribution in [-0.4, -0.2) is 52.5 Å². The molecule has 0 aliphatic heterocycles. The van der Waals surface area contributed by atoms with E-state index in [1.807, 2.05) is 0 Å². The molecular formula is C11H18F3NO3. The van der Waals surface area contributed by atoms with Gasteiger partial charge in [0.05, 0.1) is 18.7 Å². The second-order valence-corrected chi connectivity index (χ2v) is 4.94. The summed E-state index contributed by atoms with van der Waals surface area (Å²) in [5.74, 6) is -1.32. The maximum atomic E-state index is 12.3. The van der Waals surface area contributed by atoms with E-state index < -0.39 is 30.8 Å². The monoisotopic (exact) mass is 269 g/mol. The third-order valence-electron chi connectivity index (χ3n) is 3.06. The van der Waals surface area contributed by atoms with Gasteiger partial charge in [-0.25, -0.2) is 0 Å². The zero-order valence-electron chi connectivity index (χ0n) is 10.0. The van der Waals surface area contributed by atoms with Gasteiger partial charge < -0.3 is 10.2 Å². The molecule has 0 spiro atoms. The van der Waals surface area contributed by atoms with Gasteiger partial charge in [-0.05, 0) is 12.8 Å². The predicted molar refractivity (Wildman–Crippen MR) is 58.2 cm³/mol. The second kappa shape index (κ2) is 5.88. The highest BCUT2D eigenvalue weighted by molar-refractivity contribution is 5.69. The van der Waals surface area contributed by atoms with Gasteiger partial charge in [0, 0.05) is 6.54 Å². The van der Waals surface area contributed by atoms with Crippen LogP contribution in [0.15, 0.2) is 0 Å². The molecule has 0 unspecified atom stereocenters. The number of carbonyl (C=O) groups is 1. The summed E-state index contributed by atoms with van der Waals surface area (Å²) in [7, 11) is 0. The van der Waals surface area contributed by atoms with Crippen molar-refractivity contribution in [3.05, 3.63) is 0 Å². The average Bonchev–Trinajstić information content (AvgIpc) is 2.13. The molecule has 7 heteroatoms. The molecule has 0 aromatic carbocycles. The smallest absolute Gasteiger partial charge is 0.401 e. The lowest BCUT2D eigenvalue weighted by molar-refractivity contribution is -0.160. The van der Waals surface area contributed by atoms with E-state index in [-0.39, 0.29) is 6.54 Å². The lowest BCUT2D eigenvalue weighted by atomic mass is 9.84. The molecule has 0 aromatic heterocycles. The van der Waals surface area contributed by atoms with Crippen LogP contribution < -0.4 is 0 Å². The maximum absolute atomic E-state index is 12.3. The molecule has 1 fully saturated rings. The molecule has 1 aliphatic carbocycles. The second-order valence-electron chi connectivity index (χ2n) is 4.94. The highest BCUT2D eigenvalue weighted by Crippen LogP contribution is 2.29. The van der Waals surface area contributed by atoms with Gasteiger partial charge in [-0.15, -0.1) is 0 Å². The molecule has 18 heavy (non-hydrogen) atoms. The van der Waals surface area contributed by atoms with E-state index >= 15 is 0 Å². The predicted octanol–water partition coefficient (Wildman–Crippen LogP) is 1.63. The minimum atomic E-state index is -4.46. The molecule has 0 amide bonds. The van der Waals surface area contributed by atoms with Crippen LogP contribution in [0.25, 0.3) is 0 Å². The van der Waals surface area contributed by atoms with Crippen molar-refractivity contribution in [3.8, 4) is 0 Å². The Morgan fingerprint density at radius 2 is 1.78 bits per heavy atom. The standard InChI is InChI=1S/C11H18F3NO3/c12-11(13,14)8-15(6-9(16)17)7-10(18)4-2-1-3-5-10/h18H,1-8H2,(H,16,17). The van der Waals surface area contributed by atoms with E-state index in [9.17, 15) is 23.1 Å². The Labute approximate surface area is 103 Å². The molecule has 1 aliphatic rings. The number of carboxylic acids is 1. The third-order valence-corrected chi connectivity index (χ3v) is 3.06. The molecule has 0 aromatic rings. The van der Waals surface area contributed by atoms with Crippen LogP contribution in [0.5, 0.6) is 0 Å². The Kier molecular flexibility index (Phi) is 4.98. The fourth-order valence-electron chi connectivity index (χ4n) is 2.40. The van der Waals surface area contributed by atoms with E-state index in [2.05, 4.69) is 0 Å². The van der Waals surface area contributed by atoms with Gasteiger partial charge in [-0.3, -0.25) is 9.69 Å². The Morgan fingerprint density at radius 3 is 2.22 bits per heavy atom. The van der Waals surface area contributed by atoms with Gasteiger partial charge in [0.15, 0.2) is 0 Å². The van der Waals surface area contributed by atoms with Crippen LogP contribution in [0.2, 0.25) is 0 Å². The molecule has 4 nitrogen and oxygen atoms in total. The molecule has 0 heterocycles. The summed E-state index contributed by atoms with van der Waals surface area (Å²) in [5.41, 5.74) is -1.18. The first-order chi connectivity index (χ1) is 8.20. The van der Waals surface area contributed by atoms with Crippen molar-refractivity contribution < 1.29 is 28.2 Å². The first-order valence-corrected chi connectivity index (χ1v) is 5.93. The van der Waals surface area contributed by atoms with E-state index in [0.29, 0.717) is 12.8 Å². The van der Waals surface area contributed by atoms with Gasteiger partial charge in [-0.1, -0.05) is 19.3 Å². The molecule has 0 saturated heterocycles. The minimum absolute atomic E-state index is 0.237. The largest absolute Gasteiger partial charge is 0.480 e. The summed E-state index contributed by atoms with van der Waals surface area (Å²) in [6, 6.07) is 0. The number of aliphatic hydroxyl groups is 1. The Hall–Kier alpha value is -0.820. The van der Waals surface area contributed by atoms with Crippen LogP contribution >= 0.6 is 0 Å². The quantitative estimate of drug-likeness (QED) is 0.796. The normalized spacial score (nSPS) is 20.1. The number of rotatable bonds is 5. The van der Waals surface area contributed by atoms with E-state index in [4.69, 9.17) is 5.11 Å². The van der Waals surface area contributed by atoms with Crippen LogP contribution in [0, 0.1) is 0 Å². The van der Waals surface area contributed by atoms with Crippen LogP contribution in [0.3, 0.4) is 0 Å². The fraction of sp³-hybridized carbons (Fsp3) is 0.909. The Balaban J connectivity index is 2.61. The molecule has 2 N–H and O–H groups in total. The van der Waals surface area contributed by atoms with Crippen molar-refractivity contribution in [3.63, 3.8) is 0 Å². The highest BCUT2D eigenvalue weighted by Gasteiger charge is 2.37. The number of hydrogen-bond donors (Lipinski definition) is 2. The van der Waals surface area contributed by atoms with Crippen molar-refractivity contribution >= 4 is 5.97 Å². The van der Waals surface area contributed by atoms with Gasteiger partial charge >= 0.3 is 12.1 Å². The summed E-state index contributed by atoms with van der Waals surface area (Å²) in [5, 5.41) is 18.8. The van der Waals surface area contributed by atoms with Crippen molar-refractivity contribution in [2.75, 3.05) is 19.6 Å². The SMILES string of the molecule is O=C(O)CN(CC(F)(F)F)CC1(O)CCCCC1. The first-order valence-electron chi connectivity index (χ1n) is 5.93. The molecule has 0 radical (unpaired) electrons. The summed E-state index contributed by atoms with van der Waals surface area (Å²) >= 11 is 0. The van der Waals surface area contributed by atoms with E-state index in [0.717, 1.165) is 24.2 Å².